The maximum Gasteiger partial charge on any atom is 0.0421 e. The number of alkyl halides is 1. The predicted octanol–water partition coefficient (Wildman–Crippen LogP) is 5.11. The lowest BCUT2D eigenvalue weighted by molar-refractivity contribution is 0.618. The Bertz CT molecular complexity index is 372. The van der Waals surface area contributed by atoms with Crippen LogP contribution in [0.1, 0.15) is 38.2 Å². The van der Waals surface area contributed by atoms with Gasteiger partial charge in [-0.05, 0) is 37.5 Å². The van der Waals surface area contributed by atoms with E-state index in [1.807, 2.05) is 0 Å². The largest absolute Gasteiger partial charge is 0.369 e. The summed E-state index contributed by atoms with van der Waals surface area (Å²) in [6.07, 6.45) is 5.47. The maximum atomic E-state index is 3.60. The molecule has 0 aliphatic heterocycles. The minimum absolute atomic E-state index is 0.743. The molecule has 94 valence electrons. The zero-order valence-electron chi connectivity index (χ0n) is 10.3. The summed E-state index contributed by atoms with van der Waals surface area (Å²) in [6.45, 7) is 3.36. The first kappa shape index (κ1) is 13.4. The van der Waals surface area contributed by atoms with Crippen molar-refractivity contribution in [3.63, 3.8) is 0 Å². The van der Waals surface area contributed by atoms with Crippen LogP contribution in [-0.2, 0) is 5.33 Å². The van der Waals surface area contributed by atoms with E-state index in [0.717, 1.165) is 17.9 Å². The van der Waals surface area contributed by atoms with Gasteiger partial charge in [0, 0.05) is 28.1 Å². The summed E-state index contributed by atoms with van der Waals surface area (Å²) in [5, 5.41) is 0.929. The fourth-order valence-corrected chi connectivity index (χ4v) is 3.58. The van der Waals surface area contributed by atoms with Crippen LogP contribution >= 0.6 is 31.9 Å². The highest BCUT2D eigenvalue weighted by Gasteiger charge is 2.23. The molecule has 0 radical (unpaired) electrons. The molecule has 1 aliphatic rings. The Balaban J connectivity index is 2.31. The van der Waals surface area contributed by atoms with Gasteiger partial charge >= 0.3 is 0 Å². The summed E-state index contributed by atoms with van der Waals surface area (Å²) in [7, 11) is 0. The zero-order valence-corrected chi connectivity index (χ0v) is 13.4. The molecule has 0 bridgehead atoms. The number of benzene rings is 1. The highest BCUT2D eigenvalue weighted by atomic mass is 79.9. The van der Waals surface area contributed by atoms with Gasteiger partial charge < -0.3 is 4.90 Å². The average Bonchev–Trinajstić information content (AvgIpc) is 2.84. The topological polar surface area (TPSA) is 3.24 Å². The zero-order chi connectivity index (χ0) is 12.3. The molecule has 1 nitrogen and oxygen atoms in total. The minimum Gasteiger partial charge on any atom is -0.369 e. The smallest absolute Gasteiger partial charge is 0.0421 e. The molecule has 0 N–H and O–H groups in total. The molecule has 0 atom stereocenters. The van der Waals surface area contributed by atoms with Crippen LogP contribution in [0.25, 0.3) is 0 Å². The van der Waals surface area contributed by atoms with Crippen molar-refractivity contribution < 1.29 is 0 Å². The number of halogens is 2. The van der Waals surface area contributed by atoms with Crippen molar-refractivity contribution in [2.24, 2.45) is 0 Å². The van der Waals surface area contributed by atoms with E-state index in [4.69, 9.17) is 0 Å². The van der Waals surface area contributed by atoms with Crippen LogP contribution in [0.15, 0.2) is 22.7 Å². The highest BCUT2D eigenvalue weighted by Crippen LogP contribution is 2.33. The fourth-order valence-electron chi connectivity index (χ4n) is 2.76. The summed E-state index contributed by atoms with van der Waals surface area (Å²) in [5.74, 6) is 0. The molecule has 1 aromatic carbocycles. The van der Waals surface area contributed by atoms with Crippen LogP contribution in [0.5, 0.6) is 0 Å². The molecule has 1 aromatic rings. The second-order valence-corrected chi connectivity index (χ2v) is 6.11. The van der Waals surface area contributed by atoms with Crippen molar-refractivity contribution in [2.75, 3.05) is 11.4 Å². The summed E-state index contributed by atoms with van der Waals surface area (Å²) in [4.78, 5) is 2.58. The third-order valence-electron chi connectivity index (χ3n) is 3.61. The molecule has 0 saturated heterocycles. The van der Waals surface area contributed by atoms with Crippen LogP contribution in [0.3, 0.4) is 0 Å². The summed E-state index contributed by atoms with van der Waals surface area (Å²) in [5.41, 5.74) is 2.78. The van der Waals surface area contributed by atoms with Crippen LogP contribution in [-0.4, -0.2) is 12.6 Å². The van der Waals surface area contributed by atoms with Gasteiger partial charge in [0.15, 0.2) is 0 Å². The molecule has 0 aromatic heterocycles. The first-order chi connectivity index (χ1) is 8.26. The Morgan fingerprint density at radius 2 is 2.00 bits per heavy atom. The summed E-state index contributed by atoms with van der Waals surface area (Å²) in [6, 6.07) is 7.35. The lowest BCUT2D eigenvalue weighted by atomic mass is 10.1. The van der Waals surface area contributed by atoms with Gasteiger partial charge in [-0.1, -0.05) is 50.8 Å². The van der Waals surface area contributed by atoms with E-state index >= 15 is 0 Å². The fraction of sp³-hybridized carbons (Fsp3) is 0.571. The molecule has 1 fully saturated rings. The van der Waals surface area contributed by atoms with Gasteiger partial charge in [-0.15, -0.1) is 0 Å². The van der Waals surface area contributed by atoms with Crippen molar-refractivity contribution in [2.45, 2.75) is 44.0 Å². The Hall–Kier alpha value is -0.0200. The molecule has 0 unspecified atom stereocenters. The lowest BCUT2D eigenvalue weighted by Gasteiger charge is -2.31. The number of anilines is 1. The van der Waals surface area contributed by atoms with Gasteiger partial charge in [-0.3, -0.25) is 0 Å². The molecule has 2 rings (SSSR count). The third-order valence-corrected chi connectivity index (χ3v) is 4.70. The Morgan fingerprint density at radius 3 is 2.59 bits per heavy atom. The third kappa shape index (κ3) is 3.05. The van der Waals surface area contributed by atoms with Gasteiger partial charge in [0.1, 0.15) is 0 Å². The van der Waals surface area contributed by atoms with Gasteiger partial charge in [0.25, 0.3) is 0 Å². The summed E-state index contributed by atoms with van der Waals surface area (Å²) >= 11 is 7.19. The SMILES string of the molecule is CCN(c1cc(Br)ccc1CBr)C1CCCC1. The molecular weight excluding hydrogens is 342 g/mol. The Morgan fingerprint density at radius 1 is 1.29 bits per heavy atom. The monoisotopic (exact) mass is 359 g/mol. The maximum absolute atomic E-state index is 3.60. The molecule has 17 heavy (non-hydrogen) atoms. The van der Waals surface area contributed by atoms with Crippen LogP contribution < -0.4 is 4.90 Å². The quantitative estimate of drug-likeness (QED) is 0.674. The number of hydrogen-bond donors (Lipinski definition) is 0. The van der Waals surface area contributed by atoms with Gasteiger partial charge in [0.05, 0.1) is 0 Å². The molecule has 1 saturated carbocycles. The normalized spacial score (nSPS) is 16.4. The van der Waals surface area contributed by atoms with Crippen molar-refractivity contribution in [1.29, 1.82) is 0 Å². The first-order valence-electron chi connectivity index (χ1n) is 6.37. The van der Waals surface area contributed by atoms with E-state index in [0.29, 0.717) is 0 Å². The van der Waals surface area contributed by atoms with E-state index in [-0.39, 0.29) is 0 Å². The second kappa shape index (κ2) is 6.24. The molecule has 0 spiro atoms. The Kier molecular flexibility index (Phi) is 4.92. The van der Waals surface area contributed by atoms with Gasteiger partial charge in [-0.2, -0.15) is 0 Å². The molecule has 0 amide bonds. The van der Waals surface area contributed by atoms with Crippen molar-refractivity contribution in [1.82, 2.24) is 0 Å². The second-order valence-electron chi connectivity index (χ2n) is 4.63. The van der Waals surface area contributed by atoms with Crippen LogP contribution in [0, 0.1) is 0 Å². The van der Waals surface area contributed by atoms with Crippen molar-refractivity contribution in [3.8, 4) is 0 Å². The number of nitrogens with zero attached hydrogens (tertiary/aromatic N) is 1. The molecule has 1 aliphatic carbocycles. The minimum atomic E-state index is 0.743. The van der Waals surface area contributed by atoms with E-state index < -0.39 is 0 Å². The Labute approximate surface area is 121 Å². The predicted molar refractivity (Wildman–Crippen MR) is 82.0 cm³/mol. The van der Waals surface area contributed by atoms with E-state index in [9.17, 15) is 0 Å². The van der Waals surface area contributed by atoms with Gasteiger partial charge in [0.2, 0.25) is 0 Å². The van der Waals surface area contributed by atoms with Gasteiger partial charge in [-0.25, -0.2) is 0 Å². The molecular formula is C14H19Br2N. The van der Waals surface area contributed by atoms with Crippen molar-refractivity contribution >= 4 is 37.5 Å². The standard InChI is InChI=1S/C14H19Br2N/c1-2-17(13-5-3-4-6-13)14-9-12(16)8-7-11(14)10-15/h7-9,13H,2-6,10H2,1H3. The highest BCUT2D eigenvalue weighted by molar-refractivity contribution is 9.10. The summed E-state index contributed by atoms with van der Waals surface area (Å²) < 4.78 is 1.17. The van der Waals surface area contributed by atoms with E-state index in [1.54, 1.807) is 0 Å². The van der Waals surface area contributed by atoms with Crippen LogP contribution in [0.4, 0.5) is 5.69 Å². The number of rotatable bonds is 4. The number of hydrogen-bond acceptors (Lipinski definition) is 1. The molecule has 3 heteroatoms. The first-order valence-corrected chi connectivity index (χ1v) is 8.28. The average molecular weight is 361 g/mol. The van der Waals surface area contributed by atoms with E-state index in [1.165, 1.54) is 41.4 Å². The van der Waals surface area contributed by atoms with Crippen molar-refractivity contribution in [3.05, 3.63) is 28.2 Å². The molecule has 0 heterocycles. The lowest BCUT2D eigenvalue weighted by Crippen LogP contribution is -2.33. The van der Waals surface area contributed by atoms with E-state index in [2.05, 4.69) is 61.9 Å². The van der Waals surface area contributed by atoms with Crippen LogP contribution in [0.2, 0.25) is 0 Å².